The summed E-state index contributed by atoms with van der Waals surface area (Å²) < 4.78 is 5.62. The molecule has 3 aliphatic rings. The Balaban J connectivity index is 1.55. The van der Waals surface area contributed by atoms with Crippen LogP contribution in [-0.2, 0) is 4.74 Å². The first kappa shape index (κ1) is 12.9. The molecule has 0 spiro atoms. The first-order chi connectivity index (χ1) is 8.92. The molecule has 18 heavy (non-hydrogen) atoms. The highest BCUT2D eigenvalue weighted by molar-refractivity contribution is 4.86. The first-order valence-corrected chi connectivity index (χ1v) is 7.97. The molecule has 2 unspecified atom stereocenters. The van der Waals surface area contributed by atoms with Gasteiger partial charge in [0.25, 0.3) is 0 Å². The van der Waals surface area contributed by atoms with E-state index in [1.165, 1.54) is 64.6 Å². The highest BCUT2D eigenvalue weighted by atomic mass is 16.5. The zero-order valence-electron chi connectivity index (χ0n) is 11.6. The fraction of sp³-hybridized carbons (Fsp3) is 1.00. The van der Waals surface area contributed by atoms with E-state index >= 15 is 0 Å². The van der Waals surface area contributed by atoms with Gasteiger partial charge in [0.15, 0.2) is 0 Å². The van der Waals surface area contributed by atoms with Crippen LogP contribution in [0, 0.1) is 5.92 Å². The van der Waals surface area contributed by atoms with Gasteiger partial charge in [-0.1, -0.05) is 0 Å². The molecule has 3 rings (SSSR count). The summed E-state index contributed by atoms with van der Waals surface area (Å²) in [5.41, 5.74) is 0. The molecule has 1 N–H and O–H groups in total. The van der Waals surface area contributed by atoms with E-state index in [9.17, 15) is 0 Å². The van der Waals surface area contributed by atoms with Crippen LogP contribution in [-0.4, -0.2) is 49.8 Å². The van der Waals surface area contributed by atoms with Crippen molar-refractivity contribution in [2.24, 2.45) is 5.92 Å². The SMILES string of the molecule is C1CNC(CN(CC2CC2)C2CCCOCC2)C1. The maximum Gasteiger partial charge on any atom is 0.0480 e. The number of nitrogens with zero attached hydrogens (tertiary/aromatic N) is 1. The predicted octanol–water partition coefficient (Wildman–Crippen LogP) is 2.02. The van der Waals surface area contributed by atoms with Crippen molar-refractivity contribution in [3.05, 3.63) is 0 Å². The monoisotopic (exact) mass is 252 g/mol. The van der Waals surface area contributed by atoms with Gasteiger partial charge >= 0.3 is 0 Å². The van der Waals surface area contributed by atoms with Crippen LogP contribution in [0.4, 0.5) is 0 Å². The predicted molar refractivity (Wildman–Crippen MR) is 73.8 cm³/mol. The van der Waals surface area contributed by atoms with Gasteiger partial charge < -0.3 is 10.1 Å². The lowest BCUT2D eigenvalue weighted by Crippen LogP contribution is -2.44. The third-order valence-electron chi connectivity index (χ3n) is 4.74. The average Bonchev–Trinajstić information content (AvgIpc) is 3.11. The standard InChI is InChI=1S/C15H28N2O/c1-3-14(16-8-1)12-17(11-13-5-6-13)15-4-2-9-18-10-7-15/h13-16H,1-12H2. The summed E-state index contributed by atoms with van der Waals surface area (Å²) in [7, 11) is 0. The van der Waals surface area contributed by atoms with E-state index in [2.05, 4.69) is 10.2 Å². The topological polar surface area (TPSA) is 24.5 Å². The molecule has 0 radical (unpaired) electrons. The molecule has 1 aliphatic carbocycles. The van der Waals surface area contributed by atoms with Gasteiger partial charge in [-0.15, -0.1) is 0 Å². The Morgan fingerprint density at radius 1 is 0.944 bits per heavy atom. The Hall–Kier alpha value is -0.120. The normalized spacial score (nSPS) is 33.8. The van der Waals surface area contributed by atoms with Gasteiger partial charge in [-0.05, 0) is 57.4 Å². The average molecular weight is 252 g/mol. The van der Waals surface area contributed by atoms with Gasteiger partial charge in [0.1, 0.15) is 0 Å². The fourth-order valence-electron chi connectivity index (χ4n) is 3.45. The molecule has 0 aromatic heterocycles. The number of nitrogens with one attached hydrogen (secondary N) is 1. The lowest BCUT2D eigenvalue weighted by atomic mass is 10.1. The smallest absolute Gasteiger partial charge is 0.0480 e. The molecule has 0 aromatic rings. The molecule has 0 aromatic carbocycles. The Bertz CT molecular complexity index is 241. The van der Waals surface area contributed by atoms with E-state index in [1.54, 1.807) is 0 Å². The van der Waals surface area contributed by atoms with Crippen molar-refractivity contribution < 1.29 is 4.74 Å². The highest BCUT2D eigenvalue weighted by Gasteiger charge is 2.30. The van der Waals surface area contributed by atoms with E-state index in [0.717, 1.165) is 31.2 Å². The Kier molecular flexibility index (Phi) is 4.55. The molecule has 3 fully saturated rings. The number of ether oxygens (including phenoxy) is 1. The molecule has 2 aliphatic heterocycles. The van der Waals surface area contributed by atoms with Gasteiger partial charge in [-0.25, -0.2) is 0 Å². The zero-order chi connectivity index (χ0) is 12.2. The second-order valence-corrected chi connectivity index (χ2v) is 6.39. The molecular formula is C15H28N2O. The van der Waals surface area contributed by atoms with Crippen LogP contribution in [0.5, 0.6) is 0 Å². The van der Waals surface area contributed by atoms with Crippen LogP contribution >= 0.6 is 0 Å². The van der Waals surface area contributed by atoms with E-state index < -0.39 is 0 Å². The van der Waals surface area contributed by atoms with Crippen LogP contribution in [0.3, 0.4) is 0 Å². The molecular weight excluding hydrogens is 224 g/mol. The van der Waals surface area contributed by atoms with E-state index in [1.807, 2.05) is 0 Å². The van der Waals surface area contributed by atoms with Gasteiger partial charge in [0, 0.05) is 38.4 Å². The maximum atomic E-state index is 5.62. The first-order valence-electron chi connectivity index (χ1n) is 7.97. The van der Waals surface area contributed by atoms with Crippen molar-refractivity contribution in [2.45, 2.75) is 57.0 Å². The second-order valence-electron chi connectivity index (χ2n) is 6.39. The maximum absolute atomic E-state index is 5.62. The summed E-state index contributed by atoms with van der Waals surface area (Å²) in [4.78, 5) is 2.80. The molecule has 104 valence electrons. The quantitative estimate of drug-likeness (QED) is 0.810. The Morgan fingerprint density at radius 3 is 2.67 bits per heavy atom. The Labute approximate surface area is 111 Å². The number of hydrogen-bond donors (Lipinski definition) is 1. The van der Waals surface area contributed by atoms with Crippen LogP contribution in [0.2, 0.25) is 0 Å². The molecule has 3 heteroatoms. The third kappa shape index (κ3) is 3.69. The Morgan fingerprint density at radius 2 is 1.89 bits per heavy atom. The zero-order valence-corrected chi connectivity index (χ0v) is 11.6. The van der Waals surface area contributed by atoms with Gasteiger partial charge in [0.2, 0.25) is 0 Å². The van der Waals surface area contributed by atoms with Crippen LogP contribution in [0.25, 0.3) is 0 Å². The molecule has 2 saturated heterocycles. The third-order valence-corrected chi connectivity index (χ3v) is 4.74. The largest absolute Gasteiger partial charge is 0.381 e. The summed E-state index contributed by atoms with van der Waals surface area (Å²) in [5.74, 6) is 1.01. The number of rotatable bonds is 5. The second kappa shape index (κ2) is 6.36. The minimum Gasteiger partial charge on any atom is -0.381 e. The summed E-state index contributed by atoms with van der Waals surface area (Å²) in [6.07, 6.45) is 9.54. The molecule has 2 atom stereocenters. The molecule has 3 nitrogen and oxygen atoms in total. The van der Waals surface area contributed by atoms with Gasteiger partial charge in [0.05, 0.1) is 0 Å². The van der Waals surface area contributed by atoms with E-state index in [4.69, 9.17) is 4.74 Å². The van der Waals surface area contributed by atoms with Crippen molar-refractivity contribution in [1.82, 2.24) is 10.2 Å². The molecule has 2 heterocycles. The van der Waals surface area contributed by atoms with Crippen LogP contribution in [0.15, 0.2) is 0 Å². The van der Waals surface area contributed by atoms with E-state index in [0.29, 0.717) is 0 Å². The molecule has 0 amide bonds. The lowest BCUT2D eigenvalue weighted by molar-refractivity contribution is 0.123. The van der Waals surface area contributed by atoms with Gasteiger partial charge in [-0.3, -0.25) is 4.90 Å². The van der Waals surface area contributed by atoms with Gasteiger partial charge in [-0.2, -0.15) is 0 Å². The summed E-state index contributed by atoms with van der Waals surface area (Å²) in [5, 5.41) is 3.66. The van der Waals surface area contributed by atoms with Crippen LogP contribution < -0.4 is 5.32 Å². The highest BCUT2D eigenvalue weighted by Crippen LogP contribution is 2.31. The minimum atomic E-state index is 0.757. The molecule has 0 bridgehead atoms. The summed E-state index contributed by atoms with van der Waals surface area (Å²) >= 11 is 0. The minimum absolute atomic E-state index is 0.757. The fourth-order valence-corrected chi connectivity index (χ4v) is 3.45. The van der Waals surface area contributed by atoms with Crippen molar-refractivity contribution in [2.75, 3.05) is 32.8 Å². The van der Waals surface area contributed by atoms with Crippen molar-refractivity contribution >= 4 is 0 Å². The summed E-state index contributed by atoms with van der Waals surface area (Å²) in [6.45, 7) is 5.82. The van der Waals surface area contributed by atoms with E-state index in [-0.39, 0.29) is 0 Å². The summed E-state index contributed by atoms with van der Waals surface area (Å²) in [6, 6.07) is 1.54. The van der Waals surface area contributed by atoms with Crippen molar-refractivity contribution in [3.63, 3.8) is 0 Å². The number of hydrogen-bond acceptors (Lipinski definition) is 3. The van der Waals surface area contributed by atoms with Crippen molar-refractivity contribution in [1.29, 1.82) is 0 Å². The van der Waals surface area contributed by atoms with Crippen LogP contribution in [0.1, 0.15) is 44.9 Å². The molecule has 1 saturated carbocycles. The van der Waals surface area contributed by atoms with Crippen molar-refractivity contribution in [3.8, 4) is 0 Å². The lowest BCUT2D eigenvalue weighted by Gasteiger charge is -2.33.